The Morgan fingerprint density at radius 1 is 1.06 bits per heavy atom. The molecule has 0 aromatic carbocycles. The summed E-state index contributed by atoms with van der Waals surface area (Å²) in [5, 5.41) is 0. The van der Waals surface area contributed by atoms with Gasteiger partial charge in [0.25, 0.3) is 0 Å². The van der Waals surface area contributed by atoms with Crippen LogP contribution in [0.3, 0.4) is 0 Å². The Morgan fingerprint density at radius 3 is 2.00 bits per heavy atom. The number of piperazine rings is 1. The minimum atomic E-state index is -2.82. The molecule has 0 amide bonds. The van der Waals surface area contributed by atoms with Crippen molar-refractivity contribution in [3.63, 3.8) is 0 Å². The molecule has 0 saturated carbocycles. The van der Waals surface area contributed by atoms with Crippen LogP contribution in [0.15, 0.2) is 0 Å². The van der Waals surface area contributed by atoms with E-state index in [0.717, 1.165) is 32.7 Å². The second-order valence-electron chi connectivity index (χ2n) is 4.21. The molecule has 0 aromatic rings. The fraction of sp³-hybridized carbons (Fsp3) is 1.00. The number of nitrogens with two attached hydrogens (primary N) is 1. The zero-order chi connectivity index (χ0) is 12.0. The second-order valence-corrected chi connectivity index (χ2v) is 6.68. The number of hydrogen-bond donors (Lipinski definition) is 1. The summed E-state index contributed by atoms with van der Waals surface area (Å²) >= 11 is 0. The standard InChI is InChI=1S/C10H23N3O2S/c1-2-16(14,15)10-9-13-7-5-12(4-3-11)6-8-13/h2-11H2,1H3. The molecule has 0 aliphatic carbocycles. The first-order valence-corrected chi connectivity index (χ1v) is 7.74. The molecule has 0 unspecified atom stereocenters. The van der Waals surface area contributed by atoms with Gasteiger partial charge in [-0.2, -0.15) is 0 Å². The average Bonchev–Trinajstić information content (AvgIpc) is 2.29. The molecule has 0 atom stereocenters. The summed E-state index contributed by atoms with van der Waals surface area (Å²) in [6.07, 6.45) is 0. The Hall–Kier alpha value is -0.170. The van der Waals surface area contributed by atoms with E-state index in [0.29, 0.717) is 18.8 Å². The van der Waals surface area contributed by atoms with Gasteiger partial charge in [0.15, 0.2) is 9.84 Å². The van der Waals surface area contributed by atoms with Crippen LogP contribution in [0, 0.1) is 0 Å². The van der Waals surface area contributed by atoms with Gasteiger partial charge in [0.05, 0.1) is 5.75 Å². The van der Waals surface area contributed by atoms with Gasteiger partial charge in [0.2, 0.25) is 0 Å². The normalized spacial score (nSPS) is 20.1. The molecule has 0 bridgehead atoms. The third kappa shape index (κ3) is 4.78. The molecule has 6 heteroatoms. The second kappa shape index (κ2) is 6.54. The molecular weight excluding hydrogens is 226 g/mol. The molecule has 0 radical (unpaired) electrons. The average molecular weight is 249 g/mol. The summed E-state index contributed by atoms with van der Waals surface area (Å²) in [5.74, 6) is 0.542. The summed E-state index contributed by atoms with van der Waals surface area (Å²) in [4.78, 5) is 4.55. The molecule has 1 aliphatic heterocycles. The zero-order valence-electron chi connectivity index (χ0n) is 10.1. The summed E-state index contributed by atoms with van der Waals surface area (Å²) in [5.41, 5.74) is 5.49. The fourth-order valence-electron chi connectivity index (χ4n) is 1.83. The van der Waals surface area contributed by atoms with E-state index in [2.05, 4.69) is 9.80 Å². The number of nitrogens with zero attached hydrogens (tertiary/aromatic N) is 2. The first-order valence-electron chi connectivity index (χ1n) is 5.92. The number of rotatable bonds is 6. The van der Waals surface area contributed by atoms with Crippen molar-refractivity contribution in [1.82, 2.24) is 9.80 Å². The third-order valence-corrected chi connectivity index (χ3v) is 4.75. The predicted molar refractivity (Wildman–Crippen MR) is 66.3 cm³/mol. The highest BCUT2D eigenvalue weighted by atomic mass is 32.2. The molecule has 0 aromatic heterocycles. The lowest BCUT2D eigenvalue weighted by Gasteiger charge is -2.34. The Kier molecular flexibility index (Phi) is 5.68. The maximum atomic E-state index is 11.4. The molecule has 1 heterocycles. The highest BCUT2D eigenvalue weighted by Gasteiger charge is 2.17. The Labute approximate surface area is 98.5 Å². The lowest BCUT2D eigenvalue weighted by Crippen LogP contribution is -2.48. The smallest absolute Gasteiger partial charge is 0.151 e. The Bertz CT molecular complexity index is 284. The molecule has 0 spiro atoms. The number of sulfone groups is 1. The van der Waals surface area contributed by atoms with Crippen LogP contribution in [0.2, 0.25) is 0 Å². The van der Waals surface area contributed by atoms with Crippen LogP contribution in [0.5, 0.6) is 0 Å². The molecule has 1 fully saturated rings. The highest BCUT2D eigenvalue weighted by Crippen LogP contribution is 2.01. The van der Waals surface area contributed by atoms with Crippen molar-refractivity contribution in [2.75, 3.05) is 57.3 Å². The first kappa shape index (κ1) is 13.9. The van der Waals surface area contributed by atoms with Crippen LogP contribution < -0.4 is 5.73 Å². The lowest BCUT2D eigenvalue weighted by atomic mass is 10.3. The molecule has 1 aliphatic rings. The van der Waals surface area contributed by atoms with Crippen LogP contribution in [0.4, 0.5) is 0 Å². The van der Waals surface area contributed by atoms with E-state index in [1.54, 1.807) is 6.92 Å². The summed E-state index contributed by atoms with van der Waals surface area (Å²) in [6.45, 7) is 7.94. The van der Waals surface area contributed by atoms with Gasteiger partial charge in [-0.15, -0.1) is 0 Å². The first-order chi connectivity index (χ1) is 7.57. The Morgan fingerprint density at radius 2 is 1.56 bits per heavy atom. The van der Waals surface area contributed by atoms with E-state index in [9.17, 15) is 8.42 Å². The van der Waals surface area contributed by atoms with Crippen LogP contribution in [-0.4, -0.2) is 75.5 Å². The maximum Gasteiger partial charge on any atom is 0.151 e. The van der Waals surface area contributed by atoms with Gasteiger partial charge in [0, 0.05) is 51.6 Å². The van der Waals surface area contributed by atoms with Crippen LogP contribution >= 0.6 is 0 Å². The molecular formula is C10H23N3O2S. The van der Waals surface area contributed by atoms with Crippen LogP contribution in [0.1, 0.15) is 6.92 Å². The summed E-state index contributed by atoms with van der Waals surface area (Å²) in [7, 11) is -2.82. The van der Waals surface area contributed by atoms with Crippen LogP contribution in [-0.2, 0) is 9.84 Å². The molecule has 1 saturated heterocycles. The summed E-state index contributed by atoms with van der Waals surface area (Å²) in [6, 6.07) is 0. The maximum absolute atomic E-state index is 11.4. The molecule has 96 valence electrons. The van der Waals surface area contributed by atoms with Crippen molar-refractivity contribution in [1.29, 1.82) is 0 Å². The lowest BCUT2D eigenvalue weighted by molar-refractivity contribution is 0.141. The molecule has 2 N–H and O–H groups in total. The SMILES string of the molecule is CCS(=O)(=O)CCN1CCN(CCN)CC1. The van der Waals surface area contributed by atoms with Gasteiger partial charge < -0.3 is 5.73 Å². The van der Waals surface area contributed by atoms with Crippen molar-refractivity contribution in [2.24, 2.45) is 5.73 Å². The molecule has 16 heavy (non-hydrogen) atoms. The van der Waals surface area contributed by atoms with Crippen LogP contribution in [0.25, 0.3) is 0 Å². The van der Waals surface area contributed by atoms with Gasteiger partial charge in [-0.1, -0.05) is 6.92 Å². The van der Waals surface area contributed by atoms with E-state index >= 15 is 0 Å². The van der Waals surface area contributed by atoms with E-state index in [1.807, 2.05) is 0 Å². The fourth-order valence-corrected chi connectivity index (χ4v) is 2.66. The largest absolute Gasteiger partial charge is 0.329 e. The molecule has 1 rings (SSSR count). The summed E-state index contributed by atoms with van der Waals surface area (Å²) < 4.78 is 22.7. The van der Waals surface area contributed by atoms with E-state index in [-0.39, 0.29) is 5.75 Å². The van der Waals surface area contributed by atoms with Gasteiger partial charge in [-0.25, -0.2) is 8.42 Å². The van der Waals surface area contributed by atoms with E-state index < -0.39 is 9.84 Å². The zero-order valence-corrected chi connectivity index (χ0v) is 10.9. The number of hydrogen-bond acceptors (Lipinski definition) is 5. The predicted octanol–water partition coefficient (Wildman–Crippen LogP) is -1.00. The molecule has 5 nitrogen and oxygen atoms in total. The highest BCUT2D eigenvalue weighted by molar-refractivity contribution is 7.91. The van der Waals surface area contributed by atoms with Crippen molar-refractivity contribution in [2.45, 2.75) is 6.92 Å². The van der Waals surface area contributed by atoms with Crippen molar-refractivity contribution in [3.05, 3.63) is 0 Å². The van der Waals surface area contributed by atoms with Crippen molar-refractivity contribution in [3.8, 4) is 0 Å². The topological polar surface area (TPSA) is 66.6 Å². The van der Waals surface area contributed by atoms with Gasteiger partial charge in [-0.3, -0.25) is 9.80 Å². The Balaban J connectivity index is 2.22. The third-order valence-electron chi connectivity index (χ3n) is 3.07. The van der Waals surface area contributed by atoms with Crippen molar-refractivity contribution >= 4 is 9.84 Å². The van der Waals surface area contributed by atoms with Crippen molar-refractivity contribution < 1.29 is 8.42 Å². The van der Waals surface area contributed by atoms with Gasteiger partial charge >= 0.3 is 0 Å². The minimum absolute atomic E-state index is 0.250. The van der Waals surface area contributed by atoms with E-state index in [4.69, 9.17) is 5.73 Å². The van der Waals surface area contributed by atoms with Gasteiger partial charge in [0.1, 0.15) is 0 Å². The quantitative estimate of drug-likeness (QED) is 0.654. The monoisotopic (exact) mass is 249 g/mol. The minimum Gasteiger partial charge on any atom is -0.329 e. The van der Waals surface area contributed by atoms with Gasteiger partial charge in [-0.05, 0) is 0 Å². The van der Waals surface area contributed by atoms with E-state index in [1.165, 1.54) is 0 Å².